The van der Waals surface area contributed by atoms with Crippen LogP contribution >= 0.6 is 11.3 Å². The van der Waals surface area contributed by atoms with Crippen LogP contribution in [0.5, 0.6) is 0 Å². The van der Waals surface area contributed by atoms with E-state index in [0.717, 1.165) is 36.2 Å². The van der Waals surface area contributed by atoms with Crippen molar-refractivity contribution in [2.24, 2.45) is 5.92 Å². The molecule has 0 aromatic carbocycles. The number of hydrogen-bond acceptors (Lipinski definition) is 7. The van der Waals surface area contributed by atoms with Gasteiger partial charge in [0.05, 0.1) is 28.8 Å². The second-order valence-corrected chi connectivity index (χ2v) is 9.08. The summed E-state index contributed by atoms with van der Waals surface area (Å²) in [7, 11) is 0. The molecule has 164 valence electrons. The molecule has 1 saturated heterocycles. The molecule has 1 aliphatic heterocycles. The minimum Gasteiger partial charge on any atom is -0.459 e. The number of rotatable bonds is 4. The average molecular weight is 451 g/mol. The largest absolute Gasteiger partial charge is 0.459 e. The summed E-state index contributed by atoms with van der Waals surface area (Å²) in [5, 5.41) is 3.02. The Morgan fingerprint density at radius 3 is 2.88 bits per heavy atom. The molecule has 0 radical (unpaired) electrons. The normalized spacial score (nSPS) is 20.6. The van der Waals surface area contributed by atoms with Gasteiger partial charge in [0.1, 0.15) is 0 Å². The molecule has 4 heterocycles. The summed E-state index contributed by atoms with van der Waals surface area (Å²) < 4.78 is 5.10. The Labute approximate surface area is 188 Å². The maximum atomic E-state index is 13.5. The molecular formula is C23H22N4O4S. The Balaban J connectivity index is 1.33. The molecular weight excluding hydrogens is 428 g/mol. The number of piperidine rings is 1. The van der Waals surface area contributed by atoms with Gasteiger partial charge in [-0.2, -0.15) is 0 Å². The second-order valence-electron chi connectivity index (χ2n) is 8.08. The molecule has 1 aliphatic carbocycles. The van der Waals surface area contributed by atoms with Crippen molar-refractivity contribution in [3.8, 4) is 0 Å². The molecule has 2 atom stereocenters. The number of carbonyl (C=O) groups excluding carboxylic acids is 3. The molecule has 0 bridgehead atoms. The van der Waals surface area contributed by atoms with Crippen LogP contribution in [0.4, 0.5) is 5.13 Å². The number of furan rings is 1. The summed E-state index contributed by atoms with van der Waals surface area (Å²) in [5.41, 5.74) is 1.61. The van der Waals surface area contributed by atoms with Crippen LogP contribution in [0.25, 0.3) is 0 Å². The number of fused-ring (bicyclic) bond motifs is 1. The highest BCUT2D eigenvalue weighted by Gasteiger charge is 2.38. The highest BCUT2D eigenvalue weighted by atomic mass is 32.1. The van der Waals surface area contributed by atoms with E-state index in [2.05, 4.69) is 15.3 Å². The van der Waals surface area contributed by atoms with E-state index in [4.69, 9.17) is 4.42 Å². The first-order valence-corrected chi connectivity index (χ1v) is 11.5. The molecule has 3 aromatic rings. The summed E-state index contributed by atoms with van der Waals surface area (Å²) in [6.07, 6.45) is 8.41. The van der Waals surface area contributed by atoms with Gasteiger partial charge >= 0.3 is 0 Å². The van der Waals surface area contributed by atoms with Gasteiger partial charge in [0.2, 0.25) is 5.91 Å². The van der Waals surface area contributed by atoms with Crippen LogP contribution in [-0.4, -0.2) is 39.0 Å². The van der Waals surface area contributed by atoms with Gasteiger partial charge in [-0.25, -0.2) is 4.98 Å². The van der Waals surface area contributed by atoms with Crippen LogP contribution in [-0.2, 0) is 11.2 Å². The van der Waals surface area contributed by atoms with Crippen LogP contribution in [0.1, 0.15) is 63.2 Å². The number of nitrogens with one attached hydrogen (secondary N) is 1. The zero-order valence-corrected chi connectivity index (χ0v) is 18.1. The predicted octanol–water partition coefficient (Wildman–Crippen LogP) is 3.88. The lowest BCUT2D eigenvalue weighted by atomic mass is 9.87. The van der Waals surface area contributed by atoms with Gasteiger partial charge in [-0.15, -0.1) is 0 Å². The number of anilines is 1. The Morgan fingerprint density at radius 2 is 2.09 bits per heavy atom. The third kappa shape index (κ3) is 3.95. The predicted molar refractivity (Wildman–Crippen MR) is 117 cm³/mol. The summed E-state index contributed by atoms with van der Waals surface area (Å²) in [5.74, 6) is -0.803. The smallest absolute Gasteiger partial charge is 0.293 e. The number of carbonyl (C=O) groups is 3. The third-order valence-electron chi connectivity index (χ3n) is 5.99. The molecule has 0 saturated carbocycles. The monoisotopic (exact) mass is 450 g/mol. The number of thiazole rings is 1. The van der Waals surface area contributed by atoms with E-state index in [1.54, 1.807) is 18.3 Å². The third-order valence-corrected chi connectivity index (χ3v) is 7.05. The molecule has 1 fully saturated rings. The average Bonchev–Trinajstić information content (AvgIpc) is 3.49. The van der Waals surface area contributed by atoms with Gasteiger partial charge in [-0.1, -0.05) is 17.4 Å². The van der Waals surface area contributed by atoms with Crippen molar-refractivity contribution >= 4 is 34.1 Å². The molecule has 2 amide bonds. The lowest BCUT2D eigenvalue weighted by Crippen LogP contribution is -2.44. The van der Waals surface area contributed by atoms with E-state index < -0.39 is 11.8 Å². The number of Topliss-reactive ketones (excluding diaryl/α,β-unsaturated/α-hetero) is 1. The highest BCUT2D eigenvalue weighted by molar-refractivity contribution is 7.17. The Morgan fingerprint density at radius 1 is 1.19 bits per heavy atom. The molecule has 0 unspecified atom stereocenters. The van der Waals surface area contributed by atoms with Gasteiger partial charge < -0.3 is 9.32 Å². The molecule has 1 N–H and O–H groups in total. The van der Waals surface area contributed by atoms with Crippen molar-refractivity contribution in [3.63, 3.8) is 0 Å². The van der Waals surface area contributed by atoms with E-state index in [9.17, 15) is 14.4 Å². The zero-order valence-electron chi connectivity index (χ0n) is 17.3. The SMILES string of the molecule is O=C(Nc1nc2c(s1)C(=O)C[C@@H](C(=O)N1CCCC[C@H]1c1cccnc1)C2)c1ccco1. The number of pyridine rings is 1. The van der Waals surface area contributed by atoms with Crippen LogP contribution in [0.3, 0.4) is 0 Å². The molecule has 5 rings (SSSR count). The van der Waals surface area contributed by atoms with Gasteiger partial charge in [-0.05, 0) is 43.0 Å². The number of amides is 2. The maximum Gasteiger partial charge on any atom is 0.293 e. The van der Waals surface area contributed by atoms with E-state index in [0.29, 0.717) is 28.7 Å². The quantitative estimate of drug-likeness (QED) is 0.647. The van der Waals surface area contributed by atoms with Crippen molar-refractivity contribution in [2.75, 3.05) is 11.9 Å². The second kappa shape index (κ2) is 8.66. The van der Waals surface area contributed by atoms with Crippen LogP contribution < -0.4 is 5.32 Å². The number of hydrogen-bond donors (Lipinski definition) is 1. The first-order chi connectivity index (χ1) is 15.6. The van der Waals surface area contributed by atoms with Gasteiger partial charge in [0.25, 0.3) is 5.91 Å². The first-order valence-electron chi connectivity index (χ1n) is 10.7. The van der Waals surface area contributed by atoms with Crippen molar-refractivity contribution in [3.05, 3.63) is 64.8 Å². The maximum absolute atomic E-state index is 13.5. The van der Waals surface area contributed by atoms with E-state index in [1.165, 1.54) is 6.26 Å². The topological polar surface area (TPSA) is 105 Å². The molecule has 9 heteroatoms. The molecule has 32 heavy (non-hydrogen) atoms. The summed E-state index contributed by atoms with van der Waals surface area (Å²) in [6, 6.07) is 7.06. The van der Waals surface area contributed by atoms with E-state index in [-0.39, 0.29) is 29.9 Å². The number of nitrogens with zero attached hydrogens (tertiary/aromatic N) is 3. The number of likely N-dealkylation sites (tertiary alicyclic amines) is 1. The minimum atomic E-state index is -0.442. The fourth-order valence-corrected chi connectivity index (χ4v) is 5.41. The first kappa shape index (κ1) is 20.6. The summed E-state index contributed by atoms with van der Waals surface area (Å²) in [6.45, 7) is 0.678. The number of aromatic nitrogens is 2. The van der Waals surface area contributed by atoms with Crippen molar-refractivity contribution in [2.45, 2.75) is 38.1 Å². The van der Waals surface area contributed by atoms with Gasteiger partial charge in [0.15, 0.2) is 16.7 Å². The van der Waals surface area contributed by atoms with Crippen LogP contribution in [0.15, 0.2) is 47.3 Å². The van der Waals surface area contributed by atoms with E-state index >= 15 is 0 Å². The Bertz CT molecular complexity index is 1140. The summed E-state index contributed by atoms with van der Waals surface area (Å²) >= 11 is 1.15. The van der Waals surface area contributed by atoms with Crippen molar-refractivity contribution < 1.29 is 18.8 Å². The van der Waals surface area contributed by atoms with E-state index in [1.807, 2.05) is 23.2 Å². The van der Waals surface area contributed by atoms with Crippen LogP contribution in [0.2, 0.25) is 0 Å². The lowest BCUT2D eigenvalue weighted by molar-refractivity contribution is -0.139. The highest BCUT2D eigenvalue weighted by Crippen LogP contribution is 2.36. The fraction of sp³-hybridized carbons (Fsp3) is 0.348. The van der Waals surface area contributed by atoms with Crippen molar-refractivity contribution in [1.82, 2.24) is 14.9 Å². The number of ketones is 1. The Kier molecular flexibility index (Phi) is 5.57. The minimum absolute atomic E-state index is 0.00766. The lowest BCUT2D eigenvalue weighted by Gasteiger charge is -2.38. The van der Waals surface area contributed by atoms with Crippen LogP contribution in [0, 0.1) is 5.92 Å². The van der Waals surface area contributed by atoms with Gasteiger partial charge in [-0.3, -0.25) is 24.7 Å². The molecule has 0 spiro atoms. The van der Waals surface area contributed by atoms with Crippen molar-refractivity contribution in [1.29, 1.82) is 0 Å². The standard InChI is InChI=1S/C23H22N4O4S/c28-18-12-15(22(30)27-9-2-1-6-17(27)14-5-3-8-24-13-14)11-16-20(18)32-23(25-16)26-21(29)19-7-4-10-31-19/h3-5,7-8,10,13,15,17H,1-2,6,9,11-12H2,(H,25,26,29)/t15-,17-/m0/s1. The summed E-state index contributed by atoms with van der Waals surface area (Å²) in [4.78, 5) is 49.6. The fourth-order valence-electron chi connectivity index (χ4n) is 4.47. The Hall–Kier alpha value is -3.33. The zero-order chi connectivity index (χ0) is 22.1. The van der Waals surface area contributed by atoms with Gasteiger partial charge in [0, 0.05) is 31.8 Å². The molecule has 8 nitrogen and oxygen atoms in total. The molecule has 2 aliphatic rings. The molecule has 3 aromatic heterocycles.